The molecule has 1 aromatic heterocycles. The molecule has 1 aromatic carbocycles. The minimum atomic E-state index is -0.718. The Morgan fingerprint density at radius 2 is 2.18 bits per heavy atom. The van der Waals surface area contributed by atoms with Crippen molar-refractivity contribution < 1.29 is 9.90 Å². The van der Waals surface area contributed by atoms with Gasteiger partial charge in [-0.05, 0) is 47.9 Å². The van der Waals surface area contributed by atoms with Crippen LogP contribution in [0, 0.1) is 0 Å². The maximum absolute atomic E-state index is 10.3. The number of rotatable bonds is 6. The summed E-state index contributed by atoms with van der Waals surface area (Å²) in [6.07, 6.45) is 1.86. The maximum Gasteiger partial charge on any atom is 0.303 e. The highest BCUT2D eigenvalue weighted by atomic mass is 32.1. The molecule has 2 aromatic rings. The molecule has 90 valence electrons. The number of benzene rings is 1. The SMILES string of the molecule is O=C(O)CCCCNc1ccc2sccc2c1. The molecule has 0 unspecified atom stereocenters. The molecule has 0 saturated carbocycles. The van der Waals surface area contributed by atoms with Crippen LogP contribution in [0.2, 0.25) is 0 Å². The van der Waals surface area contributed by atoms with E-state index in [1.807, 2.05) is 0 Å². The van der Waals surface area contributed by atoms with Crippen LogP contribution in [0.1, 0.15) is 19.3 Å². The summed E-state index contributed by atoms with van der Waals surface area (Å²) in [4.78, 5) is 10.3. The number of anilines is 1. The summed E-state index contributed by atoms with van der Waals surface area (Å²) in [5.74, 6) is -0.718. The standard InChI is InChI=1S/C13H15NO2S/c15-13(16)3-1-2-7-14-11-4-5-12-10(9-11)6-8-17-12/h4-6,8-9,14H,1-3,7H2,(H,15,16). The highest BCUT2D eigenvalue weighted by Crippen LogP contribution is 2.23. The van der Waals surface area contributed by atoms with Gasteiger partial charge in [-0.3, -0.25) is 4.79 Å². The van der Waals surface area contributed by atoms with Gasteiger partial charge in [0.2, 0.25) is 0 Å². The Hall–Kier alpha value is -1.55. The fraction of sp³-hybridized carbons (Fsp3) is 0.308. The molecule has 1 heterocycles. The first-order valence-corrected chi connectivity index (χ1v) is 6.56. The number of carboxylic acid groups (broad SMARTS) is 1. The fourth-order valence-electron chi connectivity index (χ4n) is 1.71. The molecular formula is C13H15NO2S. The molecule has 0 amide bonds. The van der Waals surface area contributed by atoms with E-state index in [1.165, 1.54) is 10.1 Å². The van der Waals surface area contributed by atoms with E-state index in [1.54, 1.807) is 11.3 Å². The summed E-state index contributed by atoms with van der Waals surface area (Å²) in [6.45, 7) is 0.822. The fourth-order valence-corrected chi connectivity index (χ4v) is 2.48. The molecule has 2 N–H and O–H groups in total. The third-order valence-electron chi connectivity index (χ3n) is 2.60. The molecule has 0 saturated heterocycles. The van der Waals surface area contributed by atoms with Crippen LogP contribution in [0.3, 0.4) is 0 Å². The van der Waals surface area contributed by atoms with Crippen LogP contribution in [0.25, 0.3) is 10.1 Å². The Labute approximate surface area is 104 Å². The number of aliphatic carboxylic acids is 1. The number of nitrogens with one attached hydrogen (secondary N) is 1. The molecular weight excluding hydrogens is 234 g/mol. The van der Waals surface area contributed by atoms with Gasteiger partial charge >= 0.3 is 5.97 Å². The number of hydrogen-bond donors (Lipinski definition) is 2. The van der Waals surface area contributed by atoms with Gasteiger partial charge in [0.05, 0.1) is 0 Å². The summed E-state index contributed by atoms with van der Waals surface area (Å²) in [5.41, 5.74) is 1.10. The molecule has 0 spiro atoms. The topological polar surface area (TPSA) is 49.3 Å². The molecule has 0 aliphatic carbocycles. The van der Waals surface area contributed by atoms with Crippen LogP contribution in [-0.4, -0.2) is 17.6 Å². The number of fused-ring (bicyclic) bond motifs is 1. The lowest BCUT2D eigenvalue weighted by molar-refractivity contribution is -0.137. The van der Waals surface area contributed by atoms with Gasteiger partial charge in [0, 0.05) is 23.4 Å². The smallest absolute Gasteiger partial charge is 0.303 e. The van der Waals surface area contributed by atoms with Crippen molar-refractivity contribution in [2.45, 2.75) is 19.3 Å². The van der Waals surface area contributed by atoms with Gasteiger partial charge < -0.3 is 10.4 Å². The van der Waals surface area contributed by atoms with Gasteiger partial charge in [-0.1, -0.05) is 0 Å². The number of thiophene rings is 1. The third-order valence-corrected chi connectivity index (χ3v) is 3.50. The van der Waals surface area contributed by atoms with E-state index in [-0.39, 0.29) is 6.42 Å². The Kier molecular flexibility index (Phi) is 3.98. The normalized spacial score (nSPS) is 10.6. The zero-order valence-electron chi connectivity index (χ0n) is 9.48. The highest BCUT2D eigenvalue weighted by molar-refractivity contribution is 7.17. The molecule has 0 aliphatic heterocycles. The molecule has 0 fully saturated rings. The zero-order chi connectivity index (χ0) is 12.1. The second-order valence-electron chi connectivity index (χ2n) is 3.95. The summed E-state index contributed by atoms with van der Waals surface area (Å²) in [6, 6.07) is 8.41. The number of carbonyl (C=O) groups is 1. The summed E-state index contributed by atoms with van der Waals surface area (Å²) in [7, 11) is 0. The second-order valence-corrected chi connectivity index (χ2v) is 4.90. The van der Waals surface area contributed by atoms with Crippen molar-refractivity contribution in [2.75, 3.05) is 11.9 Å². The van der Waals surface area contributed by atoms with E-state index in [0.29, 0.717) is 0 Å². The van der Waals surface area contributed by atoms with Crippen LogP contribution < -0.4 is 5.32 Å². The minimum Gasteiger partial charge on any atom is -0.481 e. The van der Waals surface area contributed by atoms with Crippen molar-refractivity contribution in [1.82, 2.24) is 0 Å². The lowest BCUT2D eigenvalue weighted by Crippen LogP contribution is -2.02. The van der Waals surface area contributed by atoms with E-state index in [0.717, 1.165) is 25.1 Å². The lowest BCUT2D eigenvalue weighted by Gasteiger charge is -2.05. The van der Waals surface area contributed by atoms with Gasteiger partial charge in [0.15, 0.2) is 0 Å². The predicted molar refractivity (Wildman–Crippen MR) is 71.8 cm³/mol. The Morgan fingerprint density at radius 1 is 1.29 bits per heavy atom. The van der Waals surface area contributed by atoms with E-state index in [2.05, 4.69) is 35.0 Å². The van der Waals surface area contributed by atoms with Crippen molar-refractivity contribution in [3.05, 3.63) is 29.6 Å². The summed E-state index contributed by atoms with van der Waals surface area (Å²) in [5, 5.41) is 15.2. The molecule has 2 rings (SSSR count). The van der Waals surface area contributed by atoms with Gasteiger partial charge in [0.1, 0.15) is 0 Å². The van der Waals surface area contributed by atoms with E-state index in [4.69, 9.17) is 5.11 Å². The lowest BCUT2D eigenvalue weighted by atomic mass is 10.2. The van der Waals surface area contributed by atoms with E-state index in [9.17, 15) is 4.79 Å². The van der Waals surface area contributed by atoms with E-state index >= 15 is 0 Å². The van der Waals surface area contributed by atoms with Crippen molar-refractivity contribution in [3.63, 3.8) is 0 Å². The number of unbranched alkanes of at least 4 members (excludes halogenated alkanes) is 1. The Bertz CT molecular complexity index is 507. The summed E-state index contributed by atoms with van der Waals surface area (Å²) >= 11 is 1.74. The van der Waals surface area contributed by atoms with Gasteiger partial charge in [-0.15, -0.1) is 11.3 Å². The monoisotopic (exact) mass is 249 g/mol. The predicted octanol–water partition coefficient (Wildman–Crippen LogP) is 3.57. The molecule has 0 atom stereocenters. The Balaban J connectivity index is 1.80. The maximum atomic E-state index is 10.3. The molecule has 3 nitrogen and oxygen atoms in total. The van der Waals surface area contributed by atoms with Crippen LogP contribution in [0.5, 0.6) is 0 Å². The third kappa shape index (κ3) is 3.46. The van der Waals surface area contributed by atoms with Gasteiger partial charge in [0.25, 0.3) is 0 Å². The molecule has 0 bridgehead atoms. The van der Waals surface area contributed by atoms with Crippen LogP contribution in [-0.2, 0) is 4.79 Å². The average Bonchev–Trinajstić information content (AvgIpc) is 2.75. The molecule has 0 radical (unpaired) electrons. The Morgan fingerprint density at radius 3 is 3.00 bits per heavy atom. The van der Waals surface area contributed by atoms with Gasteiger partial charge in [-0.25, -0.2) is 0 Å². The first kappa shape index (κ1) is 11.9. The second kappa shape index (κ2) is 5.68. The van der Waals surface area contributed by atoms with Crippen molar-refractivity contribution >= 4 is 33.1 Å². The minimum absolute atomic E-state index is 0.255. The number of hydrogen-bond acceptors (Lipinski definition) is 3. The van der Waals surface area contributed by atoms with Crippen molar-refractivity contribution in [1.29, 1.82) is 0 Å². The summed E-state index contributed by atoms with van der Waals surface area (Å²) < 4.78 is 1.29. The first-order chi connectivity index (χ1) is 8.25. The molecule has 0 aliphatic rings. The first-order valence-electron chi connectivity index (χ1n) is 5.68. The van der Waals surface area contributed by atoms with E-state index < -0.39 is 5.97 Å². The average molecular weight is 249 g/mol. The zero-order valence-corrected chi connectivity index (χ0v) is 10.3. The number of carboxylic acids is 1. The molecule has 4 heteroatoms. The highest BCUT2D eigenvalue weighted by Gasteiger charge is 1.98. The van der Waals surface area contributed by atoms with Crippen LogP contribution in [0.15, 0.2) is 29.6 Å². The van der Waals surface area contributed by atoms with Crippen LogP contribution in [0.4, 0.5) is 5.69 Å². The molecule has 17 heavy (non-hydrogen) atoms. The van der Waals surface area contributed by atoms with Crippen molar-refractivity contribution in [2.24, 2.45) is 0 Å². The quantitative estimate of drug-likeness (QED) is 0.769. The van der Waals surface area contributed by atoms with Crippen molar-refractivity contribution in [3.8, 4) is 0 Å². The van der Waals surface area contributed by atoms with Gasteiger partial charge in [-0.2, -0.15) is 0 Å². The van der Waals surface area contributed by atoms with Crippen LogP contribution >= 0.6 is 11.3 Å². The largest absolute Gasteiger partial charge is 0.481 e.